The third-order valence-electron chi connectivity index (χ3n) is 1.95. The van der Waals surface area contributed by atoms with E-state index >= 15 is 0 Å². The summed E-state index contributed by atoms with van der Waals surface area (Å²) in [5.41, 5.74) is 4.80. The third kappa shape index (κ3) is 4.48. The molecule has 5 nitrogen and oxygen atoms in total. The fraction of sp³-hybridized carbons (Fsp3) is 0.625. The number of primary amides is 1. The van der Waals surface area contributed by atoms with E-state index in [2.05, 4.69) is 4.90 Å². The zero-order valence-electron chi connectivity index (χ0n) is 8.19. The highest BCUT2D eigenvalue weighted by Gasteiger charge is 2.16. The van der Waals surface area contributed by atoms with Gasteiger partial charge in [-0.05, 0) is 12.8 Å². The number of nitrogens with one attached hydrogen (secondary N) is 1. The lowest BCUT2D eigenvalue weighted by atomic mass is 10.4. The highest BCUT2D eigenvalue weighted by molar-refractivity contribution is 8.23. The summed E-state index contributed by atoms with van der Waals surface area (Å²) >= 11 is 6.40. The van der Waals surface area contributed by atoms with Crippen molar-refractivity contribution >= 4 is 40.2 Å². The second-order valence-electron chi connectivity index (χ2n) is 3.16. The summed E-state index contributed by atoms with van der Waals surface area (Å²) in [6.45, 7) is 1.92. The molecular formula is C8H13N3O2S2. The van der Waals surface area contributed by atoms with Gasteiger partial charge in [-0.2, -0.15) is 0 Å². The molecule has 0 aliphatic carbocycles. The molecule has 3 N–H and O–H groups in total. The number of nitrogens with zero attached hydrogens (tertiary/aromatic N) is 1. The Labute approximate surface area is 97.7 Å². The van der Waals surface area contributed by atoms with Crippen molar-refractivity contribution in [3.8, 4) is 0 Å². The van der Waals surface area contributed by atoms with Crippen molar-refractivity contribution in [3.63, 3.8) is 0 Å². The van der Waals surface area contributed by atoms with Crippen LogP contribution in [0.25, 0.3) is 0 Å². The maximum atomic E-state index is 11.1. The van der Waals surface area contributed by atoms with Crippen LogP contribution < -0.4 is 11.1 Å². The van der Waals surface area contributed by atoms with Gasteiger partial charge in [0.25, 0.3) is 0 Å². The zero-order chi connectivity index (χ0) is 11.3. The second kappa shape index (κ2) is 5.92. The number of likely N-dealkylation sites (tertiary alicyclic amines) is 1. The minimum absolute atomic E-state index is 0.137. The van der Waals surface area contributed by atoms with Gasteiger partial charge < -0.3 is 10.6 Å². The summed E-state index contributed by atoms with van der Waals surface area (Å²) < 4.78 is 0.715. The highest BCUT2D eigenvalue weighted by atomic mass is 32.2. The van der Waals surface area contributed by atoms with Crippen molar-refractivity contribution in [2.24, 2.45) is 5.73 Å². The summed E-state index contributed by atoms with van der Waals surface area (Å²) in [6.07, 6.45) is 2.29. The van der Waals surface area contributed by atoms with Crippen LogP contribution in [-0.4, -0.2) is 40.0 Å². The molecule has 1 heterocycles. The van der Waals surface area contributed by atoms with E-state index in [4.69, 9.17) is 18.0 Å². The molecule has 1 aliphatic heterocycles. The van der Waals surface area contributed by atoms with E-state index in [0.29, 0.717) is 4.32 Å². The minimum Gasteiger partial charge on any atom is -0.358 e. The number of rotatable bonds is 2. The average Bonchev–Trinajstić information content (AvgIpc) is 2.65. The first-order chi connectivity index (χ1) is 7.09. The van der Waals surface area contributed by atoms with Gasteiger partial charge in [0.15, 0.2) is 0 Å². The standard InChI is InChI=1S/C8H13N3O2S2/c9-7(13)10-6(12)5-15-8(14)11-3-1-2-4-11/h1-5H2,(H3,9,10,12,13). The number of carbonyl (C=O) groups is 2. The molecule has 0 aromatic heterocycles. The molecule has 0 aromatic rings. The SMILES string of the molecule is NC(=O)NC(=O)CSC(=S)N1CCCC1. The van der Waals surface area contributed by atoms with Gasteiger partial charge in [0.2, 0.25) is 5.91 Å². The van der Waals surface area contributed by atoms with E-state index in [-0.39, 0.29) is 5.75 Å². The minimum atomic E-state index is -0.826. The molecule has 0 spiro atoms. The fourth-order valence-electron chi connectivity index (χ4n) is 1.29. The number of nitrogens with two attached hydrogens (primary N) is 1. The van der Waals surface area contributed by atoms with Crippen molar-refractivity contribution < 1.29 is 9.59 Å². The van der Waals surface area contributed by atoms with Crippen molar-refractivity contribution in [2.45, 2.75) is 12.8 Å². The Morgan fingerprint density at radius 3 is 2.53 bits per heavy atom. The third-order valence-corrected chi connectivity index (χ3v) is 3.48. The van der Waals surface area contributed by atoms with Gasteiger partial charge in [-0.25, -0.2) is 4.79 Å². The molecule has 1 fully saturated rings. The smallest absolute Gasteiger partial charge is 0.318 e. The van der Waals surface area contributed by atoms with E-state index in [1.807, 2.05) is 5.32 Å². The van der Waals surface area contributed by atoms with Gasteiger partial charge in [-0.3, -0.25) is 10.1 Å². The van der Waals surface area contributed by atoms with Gasteiger partial charge in [-0.1, -0.05) is 24.0 Å². The van der Waals surface area contributed by atoms with E-state index in [0.717, 1.165) is 25.9 Å². The van der Waals surface area contributed by atoms with Gasteiger partial charge in [-0.15, -0.1) is 0 Å². The van der Waals surface area contributed by atoms with Gasteiger partial charge >= 0.3 is 6.03 Å². The van der Waals surface area contributed by atoms with Gasteiger partial charge in [0.1, 0.15) is 4.32 Å². The molecule has 84 valence electrons. The monoisotopic (exact) mass is 247 g/mol. The molecule has 0 radical (unpaired) electrons. The summed E-state index contributed by atoms with van der Waals surface area (Å²) in [6, 6.07) is -0.826. The van der Waals surface area contributed by atoms with Crippen LogP contribution in [0.4, 0.5) is 4.79 Å². The van der Waals surface area contributed by atoms with Crippen LogP contribution in [0, 0.1) is 0 Å². The predicted molar refractivity (Wildman–Crippen MR) is 63.6 cm³/mol. The Morgan fingerprint density at radius 2 is 2.00 bits per heavy atom. The van der Waals surface area contributed by atoms with E-state index < -0.39 is 11.9 Å². The zero-order valence-corrected chi connectivity index (χ0v) is 9.83. The fourth-order valence-corrected chi connectivity index (χ4v) is 2.34. The van der Waals surface area contributed by atoms with Crippen LogP contribution in [-0.2, 0) is 4.79 Å². The summed E-state index contributed by atoms with van der Waals surface area (Å²) in [7, 11) is 0. The number of urea groups is 1. The van der Waals surface area contributed by atoms with Crippen molar-refractivity contribution in [1.82, 2.24) is 10.2 Å². The Hall–Kier alpha value is -0.820. The van der Waals surface area contributed by atoms with Crippen molar-refractivity contribution in [1.29, 1.82) is 0 Å². The number of hydrogen-bond donors (Lipinski definition) is 2. The van der Waals surface area contributed by atoms with Crippen molar-refractivity contribution in [3.05, 3.63) is 0 Å². The molecule has 15 heavy (non-hydrogen) atoms. The normalized spacial score (nSPS) is 15.1. The number of carbonyl (C=O) groups excluding carboxylic acids is 2. The van der Waals surface area contributed by atoms with Crippen LogP contribution in [0.1, 0.15) is 12.8 Å². The molecule has 0 unspecified atom stereocenters. The van der Waals surface area contributed by atoms with Crippen LogP contribution >= 0.6 is 24.0 Å². The second-order valence-corrected chi connectivity index (χ2v) is 4.77. The lowest BCUT2D eigenvalue weighted by Gasteiger charge is -2.16. The van der Waals surface area contributed by atoms with Crippen LogP contribution in [0.2, 0.25) is 0 Å². The van der Waals surface area contributed by atoms with Gasteiger partial charge in [0, 0.05) is 13.1 Å². The first kappa shape index (κ1) is 12.3. The number of thiocarbonyl (C=S) groups is 1. The summed E-state index contributed by atoms with van der Waals surface area (Å²) in [5.74, 6) is -0.271. The highest BCUT2D eigenvalue weighted by Crippen LogP contribution is 2.15. The average molecular weight is 247 g/mol. The Kier molecular flexibility index (Phi) is 4.83. The maximum Gasteiger partial charge on any atom is 0.318 e. The van der Waals surface area contributed by atoms with Crippen LogP contribution in [0.5, 0.6) is 0 Å². The molecule has 0 aromatic carbocycles. The Bertz CT molecular complexity index is 277. The first-order valence-electron chi connectivity index (χ1n) is 4.60. The number of amides is 3. The largest absolute Gasteiger partial charge is 0.358 e. The lowest BCUT2D eigenvalue weighted by Crippen LogP contribution is -2.36. The Balaban J connectivity index is 2.21. The molecule has 0 saturated carbocycles. The molecular weight excluding hydrogens is 234 g/mol. The molecule has 3 amide bonds. The van der Waals surface area contributed by atoms with Crippen molar-refractivity contribution in [2.75, 3.05) is 18.8 Å². The maximum absolute atomic E-state index is 11.1. The molecule has 0 bridgehead atoms. The summed E-state index contributed by atoms with van der Waals surface area (Å²) in [5, 5.41) is 1.99. The summed E-state index contributed by atoms with van der Waals surface area (Å²) in [4.78, 5) is 23.5. The lowest BCUT2D eigenvalue weighted by molar-refractivity contribution is -0.117. The number of imide groups is 1. The number of thioether (sulfide) groups is 1. The molecule has 1 aliphatic rings. The Morgan fingerprint density at radius 1 is 1.40 bits per heavy atom. The van der Waals surface area contributed by atoms with E-state index in [9.17, 15) is 9.59 Å². The van der Waals surface area contributed by atoms with Crippen LogP contribution in [0.15, 0.2) is 0 Å². The predicted octanol–water partition coefficient (Wildman–Crippen LogP) is 0.295. The van der Waals surface area contributed by atoms with E-state index in [1.54, 1.807) is 0 Å². The number of hydrogen-bond acceptors (Lipinski definition) is 4. The van der Waals surface area contributed by atoms with Crippen LogP contribution in [0.3, 0.4) is 0 Å². The molecule has 1 rings (SSSR count). The topological polar surface area (TPSA) is 75.4 Å². The first-order valence-corrected chi connectivity index (χ1v) is 6.00. The molecule has 7 heteroatoms. The van der Waals surface area contributed by atoms with Gasteiger partial charge in [0.05, 0.1) is 5.75 Å². The molecule has 0 atom stereocenters. The molecule has 1 saturated heterocycles. The van der Waals surface area contributed by atoms with E-state index in [1.165, 1.54) is 11.8 Å². The quantitative estimate of drug-likeness (QED) is 0.686.